The fraction of sp³-hybridized carbons (Fsp3) is 0.538. The van der Waals surface area contributed by atoms with Crippen molar-refractivity contribution in [1.82, 2.24) is 5.32 Å². The van der Waals surface area contributed by atoms with Crippen molar-refractivity contribution in [1.29, 1.82) is 0 Å². The van der Waals surface area contributed by atoms with E-state index in [1.165, 1.54) is 24.2 Å². The Hall–Kier alpha value is -1.02. The fourth-order valence-corrected chi connectivity index (χ4v) is 3.10. The van der Waals surface area contributed by atoms with E-state index >= 15 is 0 Å². The molecule has 0 bridgehead atoms. The van der Waals surface area contributed by atoms with E-state index in [0.717, 1.165) is 23.5 Å². The largest absolute Gasteiger partial charge is 0.496 e. The Morgan fingerprint density at radius 2 is 2.00 bits per heavy atom. The molecule has 1 aromatic rings. The summed E-state index contributed by atoms with van der Waals surface area (Å²) in [6.45, 7) is 4.50. The summed E-state index contributed by atoms with van der Waals surface area (Å²) in [5.74, 6) is 3.58. The van der Waals surface area contributed by atoms with Crippen LogP contribution >= 0.6 is 0 Å². The number of hydrogen-bond acceptors (Lipinski definition) is 2. The number of ether oxygens (including phenoxy) is 1. The van der Waals surface area contributed by atoms with Crippen molar-refractivity contribution >= 4 is 0 Å². The minimum atomic E-state index is 0.751. The quantitative estimate of drug-likeness (QED) is 0.793. The van der Waals surface area contributed by atoms with Crippen molar-refractivity contribution in [2.75, 3.05) is 20.2 Å². The SMILES string of the molecule is COc1c(C)cccc1C1C2CNCC21. The molecule has 1 aliphatic heterocycles. The average molecular weight is 203 g/mol. The zero-order valence-corrected chi connectivity index (χ0v) is 9.29. The third-order valence-corrected chi connectivity index (χ3v) is 3.90. The summed E-state index contributed by atoms with van der Waals surface area (Å²) < 4.78 is 5.52. The first-order valence-corrected chi connectivity index (χ1v) is 5.67. The molecule has 1 aliphatic carbocycles. The van der Waals surface area contributed by atoms with E-state index in [1.54, 1.807) is 7.11 Å². The highest BCUT2D eigenvalue weighted by Gasteiger charge is 2.54. The standard InChI is InChI=1S/C13H17NO/c1-8-4-3-5-9(13(8)15-2)12-10-6-14-7-11(10)12/h3-5,10-12,14H,6-7H2,1-2H3. The van der Waals surface area contributed by atoms with Gasteiger partial charge in [-0.25, -0.2) is 0 Å². The normalized spacial score (nSPS) is 32.5. The third kappa shape index (κ3) is 1.28. The van der Waals surface area contributed by atoms with E-state index in [0.29, 0.717) is 0 Å². The molecule has 1 N–H and O–H groups in total. The van der Waals surface area contributed by atoms with Gasteiger partial charge in [-0.1, -0.05) is 18.2 Å². The summed E-state index contributed by atoms with van der Waals surface area (Å²) in [5, 5.41) is 3.43. The highest BCUT2D eigenvalue weighted by molar-refractivity contribution is 5.46. The van der Waals surface area contributed by atoms with E-state index < -0.39 is 0 Å². The zero-order chi connectivity index (χ0) is 10.4. The number of benzene rings is 1. The molecule has 1 saturated carbocycles. The van der Waals surface area contributed by atoms with Gasteiger partial charge >= 0.3 is 0 Å². The molecular weight excluding hydrogens is 186 g/mol. The molecule has 2 fully saturated rings. The lowest BCUT2D eigenvalue weighted by Crippen LogP contribution is -2.14. The molecule has 0 amide bonds. The molecule has 0 radical (unpaired) electrons. The van der Waals surface area contributed by atoms with Gasteiger partial charge in [-0.05, 0) is 48.9 Å². The van der Waals surface area contributed by atoms with Gasteiger partial charge in [0.15, 0.2) is 0 Å². The van der Waals surface area contributed by atoms with E-state index in [9.17, 15) is 0 Å². The number of para-hydroxylation sites is 1. The van der Waals surface area contributed by atoms with Crippen LogP contribution in [0.2, 0.25) is 0 Å². The Morgan fingerprint density at radius 1 is 1.27 bits per heavy atom. The van der Waals surface area contributed by atoms with Gasteiger partial charge in [-0.15, -0.1) is 0 Å². The summed E-state index contributed by atoms with van der Waals surface area (Å²) in [5.41, 5.74) is 2.68. The number of methoxy groups -OCH3 is 1. The topological polar surface area (TPSA) is 21.3 Å². The highest BCUT2D eigenvalue weighted by atomic mass is 16.5. The van der Waals surface area contributed by atoms with Crippen molar-refractivity contribution in [3.63, 3.8) is 0 Å². The number of piperidine rings is 1. The smallest absolute Gasteiger partial charge is 0.125 e. The van der Waals surface area contributed by atoms with Crippen LogP contribution in [0.4, 0.5) is 0 Å². The van der Waals surface area contributed by atoms with Crippen LogP contribution in [0, 0.1) is 18.8 Å². The van der Waals surface area contributed by atoms with Gasteiger partial charge in [-0.2, -0.15) is 0 Å². The van der Waals surface area contributed by atoms with Gasteiger partial charge in [0.25, 0.3) is 0 Å². The molecule has 1 saturated heterocycles. The van der Waals surface area contributed by atoms with Crippen LogP contribution in [-0.4, -0.2) is 20.2 Å². The molecule has 1 heterocycles. The monoisotopic (exact) mass is 203 g/mol. The van der Waals surface area contributed by atoms with Gasteiger partial charge in [0.1, 0.15) is 5.75 Å². The van der Waals surface area contributed by atoms with Crippen LogP contribution in [0.3, 0.4) is 0 Å². The van der Waals surface area contributed by atoms with E-state index in [4.69, 9.17) is 4.74 Å². The maximum Gasteiger partial charge on any atom is 0.125 e. The molecule has 2 heteroatoms. The summed E-state index contributed by atoms with van der Waals surface area (Å²) in [7, 11) is 1.78. The van der Waals surface area contributed by atoms with E-state index in [-0.39, 0.29) is 0 Å². The van der Waals surface area contributed by atoms with Crippen LogP contribution < -0.4 is 10.1 Å². The Bertz CT molecular complexity index is 378. The number of hydrogen-bond donors (Lipinski definition) is 1. The second kappa shape index (κ2) is 3.24. The maximum atomic E-state index is 5.52. The van der Waals surface area contributed by atoms with Gasteiger partial charge in [0.05, 0.1) is 7.11 Å². The summed E-state index contributed by atoms with van der Waals surface area (Å²) in [4.78, 5) is 0. The number of nitrogens with one attached hydrogen (secondary N) is 1. The molecule has 2 nitrogen and oxygen atoms in total. The molecule has 2 unspecified atom stereocenters. The molecular formula is C13H17NO. The first kappa shape index (κ1) is 9.22. The molecule has 1 aromatic carbocycles. The Labute approximate surface area is 90.6 Å². The summed E-state index contributed by atoms with van der Waals surface area (Å²) in [6.07, 6.45) is 0. The van der Waals surface area contributed by atoms with Crippen LogP contribution in [0.25, 0.3) is 0 Å². The number of rotatable bonds is 2. The molecule has 0 aromatic heterocycles. The van der Waals surface area contributed by atoms with E-state index in [2.05, 4.69) is 30.4 Å². The van der Waals surface area contributed by atoms with Crippen molar-refractivity contribution in [3.05, 3.63) is 29.3 Å². The van der Waals surface area contributed by atoms with Crippen molar-refractivity contribution in [2.45, 2.75) is 12.8 Å². The van der Waals surface area contributed by atoms with Crippen molar-refractivity contribution in [3.8, 4) is 5.75 Å². The molecule has 3 rings (SSSR count). The minimum Gasteiger partial charge on any atom is -0.496 e. The van der Waals surface area contributed by atoms with Gasteiger partial charge < -0.3 is 10.1 Å². The first-order valence-electron chi connectivity index (χ1n) is 5.67. The van der Waals surface area contributed by atoms with Gasteiger partial charge in [0, 0.05) is 0 Å². The minimum absolute atomic E-state index is 0.751. The molecule has 80 valence electrons. The number of fused-ring (bicyclic) bond motifs is 1. The number of aryl methyl sites for hydroxylation is 1. The maximum absolute atomic E-state index is 5.52. The lowest BCUT2D eigenvalue weighted by molar-refractivity contribution is 0.405. The predicted molar refractivity (Wildman–Crippen MR) is 60.3 cm³/mol. The van der Waals surface area contributed by atoms with Crippen LogP contribution in [0.1, 0.15) is 17.0 Å². The Morgan fingerprint density at radius 3 is 2.67 bits per heavy atom. The van der Waals surface area contributed by atoms with Gasteiger partial charge in [-0.3, -0.25) is 0 Å². The molecule has 0 spiro atoms. The summed E-state index contributed by atoms with van der Waals surface area (Å²) >= 11 is 0. The second-order valence-electron chi connectivity index (χ2n) is 4.71. The van der Waals surface area contributed by atoms with Crippen LogP contribution in [-0.2, 0) is 0 Å². The molecule has 2 aliphatic rings. The van der Waals surface area contributed by atoms with Crippen molar-refractivity contribution in [2.24, 2.45) is 11.8 Å². The predicted octanol–water partition coefficient (Wildman–Crippen LogP) is 1.94. The molecule has 15 heavy (non-hydrogen) atoms. The Kier molecular flexibility index (Phi) is 1.99. The lowest BCUT2D eigenvalue weighted by atomic mass is 10.0. The van der Waals surface area contributed by atoms with E-state index in [1.807, 2.05) is 0 Å². The Balaban J connectivity index is 1.95. The second-order valence-corrected chi connectivity index (χ2v) is 4.71. The first-order chi connectivity index (χ1) is 7.33. The lowest BCUT2D eigenvalue weighted by Gasteiger charge is -2.12. The molecule has 2 atom stereocenters. The highest BCUT2D eigenvalue weighted by Crippen LogP contribution is 2.57. The zero-order valence-electron chi connectivity index (χ0n) is 9.29. The fourth-order valence-electron chi connectivity index (χ4n) is 3.10. The average Bonchev–Trinajstić information content (AvgIpc) is 2.70. The summed E-state index contributed by atoms with van der Waals surface area (Å²) in [6, 6.07) is 6.50. The van der Waals surface area contributed by atoms with Crippen LogP contribution in [0.15, 0.2) is 18.2 Å². The van der Waals surface area contributed by atoms with Crippen LogP contribution in [0.5, 0.6) is 5.75 Å². The van der Waals surface area contributed by atoms with Crippen molar-refractivity contribution < 1.29 is 4.74 Å². The third-order valence-electron chi connectivity index (χ3n) is 3.90. The van der Waals surface area contributed by atoms with Gasteiger partial charge in [0.2, 0.25) is 0 Å².